The molecule has 1 amide bonds. The molecule has 128 valence electrons. The summed E-state index contributed by atoms with van der Waals surface area (Å²) in [5, 5.41) is 6.63. The van der Waals surface area contributed by atoms with Crippen LogP contribution < -0.4 is 5.32 Å². The molecule has 6 nitrogen and oxygen atoms in total. The molecule has 25 heavy (non-hydrogen) atoms. The molecule has 3 rings (SSSR count). The molecule has 1 N–H and O–H groups in total. The van der Waals surface area contributed by atoms with E-state index >= 15 is 0 Å². The minimum Gasteiger partial charge on any atom is -0.443 e. The maximum atomic E-state index is 12.1. The average molecular weight is 402 g/mol. The Morgan fingerprint density at radius 2 is 1.96 bits per heavy atom. The van der Waals surface area contributed by atoms with Crippen LogP contribution in [-0.4, -0.2) is 16.2 Å². The number of amides is 1. The number of carbonyl (C=O) groups is 1. The van der Waals surface area contributed by atoms with Crippen LogP contribution in [0.2, 0.25) is 0 Å². The maximum Gasteiger partial charge on any atom is 0.412 e. The lowest BCUT2D eigenvalue weighted by Crippen LogP contribution is -2.14. The van der Waals surface area contributed by atoms with Crippen LogP contribution in [0.3, 0.4) is 0 Å². The molecule has 0 saturated carbocycles. The van der Waals surface area contributed by atoms with Gasteiger partial charge >= 0.3 is 6.09 Å². The predicted octanol–water partition coefficient (Wildman–Crippen LogP) is 4.86. The van der Waals surface area contributed by atoms with E-state index in [4.69, 9.17) is 9.26 Å². The molecule has 0 saturated heterocycles. The van der Waals surface area contributed by atoms with Crippen molar-refractivity contribution in [1.29, 1.82) is 0 Å². The predicted molar refractivity (Wildman–Crippen MR) is 97.2 cm³/mol. The summed E-state index contributed by atoms with van der Waals surface area (Å²) in [4.78, 5) is 16.4. The van der Waals surface area contributed by atoms with Gasteiger partial charge < -0.3 is 9.26 Å². The van der Waals surface area contributed by atoms with Crippen molar-refractivity contribution in [3.63, 3.8) is 0 Å². The fraction of sp³-hybridized carbons (Fsp3) is 0.167. The molecule has 1 aromatic carbocycles. The quantitative estimate of drug-likeness (QED) is 0.674. The third-order valence-electron chi connectivity index (χ3n) is 3.49. The Hall–Kier alpha value is -2.67. The molecule has 0 aliphatic rings. The lowest BCUT2D eigenvalue weighted by atomic mass is 10.1. The summed E-state index contributed by atoms with van der Waals surface area (Å²) < 4.78 is 11.5. The van der Waals surface area contributed by atoms with Gasteiger partial charge in [0.05, 0.1) is 5.69 Å². The minimum absolute atomic E-state index is 0.0887. The number of nitrogens with zero attached hydrogens (tertiary/aromatic N) is 2. The molecule has 0 fully saturated rings. The number of pyridine rings is 1. The van der Waals surface area contributed by atoms with E-state index in [0.29, 0.717) is 22.8 Å². The van der Waals surface area contributed by atoms with E-state index in [9.17, 15) is 4.79 Å². The van der Waals surface area contributed by atoms with Crippen molar-refractivity contribution < 1.29 is 14.1 Å². The summed E-state index contributed by atoms with van der Waals surface area (Å²) >= 11 is 3.39. The Balaban J connectivity index is 1.71. The zero-order chi connectivity index (χ0) is 17.8. The Labute approximate surface area is 153 Å². The average Bonchev–Trinajstić information content (AvgIpc) is 2.95. The number of aromatic nitrogens is 2. The zero-order valence-electron chi connectivity index (χ0n) is 13.7. The number of nitrogens with one attached hydrogen (secondary N) is 1. The fourth-order valence-corrected chi connectivity index (χ4v) is 2.54. The highest BCUT2D eigenvalue weighted by molar-refractivity contribution is 9.10. The zero-order valence-corrected chi connectivity index (χ0v) is 15.3. The molecule has 0 bridgehead atoms. The normalized spacial score (nSPS) is 10.5. The lowest BCUT2D eigenvalue weighted by Gasteiger charge is -2.07. The van der Waals surface area contributed by atoms with Crippen LogP contribution in [0.15, 0.2) is 51.5 Å². The number of halogens is 1. The summed E-state index contributed by atoms with van der Waals surface area (Å²) in [6, 6.07) is 13.1. The lowest BCUT2D eigenvalue weighted by molar-refractivity contribution is 0.153. The van der Waals surface area contributed by atoms with E-state index in [2.05, 4.69) is 31.4 Å². The van der Waals surface area contributed by atoms with Crippen LogP contribution in [0.4, 0.5) is 10.5 Å². The van der Waals surface area contributed by atoms with Gasteiger partial charge in [0.1, 0.15) is 18.0 Å². The van der Waals surface area contributed by atoms with E-state index in [1.54, 1.807) is 13.0 Å². The van der Waals surface area contributed by atoms with Gasteiger partial charge in [-0.25, -0.2) is 4.79 Å². The number of rotatable bonds is 4. The topological polar surface area (TPSA) is 77.2 Å². The van der Waals surface area contributed by atoms with Gasteiger partial charge in [0.15, 0.2) is 5.76 Å². The number of hydrogen-bond donors (Lipinski definition) is 1. The monoisotopic (exact) mass is 401 g/mol. The van der Waals surface area contributed by atoms with Crippen LogP contribution in [0, 0.1) is 13.8 Å². The summed E-state index contributed by atoms with van der Waals surface area (Å²) in [6.45, 7) is 3.73. The Kier molecular flexibility index (Phi) is 5.14. The second-order valence-electron chi connectivity index (χ2n) is 5.45. The number of hydrogen-bond acceptors (Lipinski definition) is 5. The molecule has 0 aliphatic carbocycles. The molecule has 0 atom stereocenters. The van der Waals surface area contributed by atoms with Crippen molar-refractivity contribution in [3.8, 4) is 11.3 Å². The van der Waals surface area contributed by atoms with E-state index in [-0.39, 0.29) is 6.61 Å². The third-order valence-corrected chi connectivity index (χ3v) is 4.02. The molecule has 0 radical (unpaired) electrons. The van der Waals surface area contributed by atoms with Gasteiger partial charge in [-0.2, -0.15) is 0 Å². The van der Waals surface area contributed by atoms with E-state index < -0.39 is 6.09 Å². The molecule has 2 heterocycles. The number of aryl methyl sites for hydroxylation is 2. The van der Waals surface area contributed by atoms with Gasteiger partial charge in [0.2, 0.25) is 0 Å². The fourth-order valence-electron chi connectivity index (χ4n) is 2.27. The van der Waals surface area contributed by atoms with Crippen LogP contribution >= 0.6 is 15.9 Å². The largest absolute Gasteiger partial charge is 0.443 e. The van der Waals surface area contributed by atoms with E-state index in [1.807, 2.05) is 43.3 Å². The number of benzene rings is 1. The molecular formula is C18H16BrN3O3. The maximum absolute atomic E-state index is 12.1. The van der Waals surface area contributed by atoms with Crippen LogP contribution in [0.5, 0.6) is 0 Å². The van der Waals surface area contributed by atoms with Crippen molar-refractivity contribution >= 4 is 27.7 Å². The second-order valence-corrected chi connectivity index (χ2v) is 6.37. The molecular weight excluding hydrogens is 386 g/mol. The third kappa shape index (κ3) is 4.24. The highest BCUT2D eigenvalue weighted by Crippen LogP contribution is 2.31. The number of ether oxygens (including phenoxy) is 1. The van der Waals surface area contributed by atoms with Crippen LogP contribution in [0.25, 0.3) is 11.3 Å². The first-order valence-corrected chi connectivity index (χ1v) is 8.41. The second kappa shape index (κ2) is 7.48. The van der Waals surface area contributed by atoms with Gasteiger partial charge in [0.25, 0.3) is 0 Å². The van der Waals surface area contributed by atoms with Gasteiger partial charge in [-0.05, 0) is 50.2 Å². The summed E-state index contributed by atoms with van der Waals surface area (Å²) in [7, 11) is 0. The highest BCUT2D eigenvalue weighted by atomic mass is 79.9. The smallest absolute Gasteiger partial charge is 0.412 e. The molecule has 0 aliphatic heterocycles. The van der Waals surface area contributed by atoms with E-state index in [0.717, 1.165) is 15.7 Å². The molecule has 3 aromatic rings. The van der Waals surface area contributed by atoms with Crippen molar-refractivity contribution in [2.45, 2.75) is 20.5 Å². The van der Waals surface area contributed by atoms with Crippen molar-refractivity contribution in [2.75, 3.05) is 5.32 Å². The van der Waals surface area contributed by atoms with E-state index in [1.165, 1.54) is 0 Å². The van der Waals surface area contributed by atoms with Crippen LogP contribution in [0.1, 0.15) is 17.1 Å². The van der Waals surface area contributed by atoms with Crippen molar-refractivity contribution in [1.82, 2.24) is 10.1 Å². The summed E-state index contributed by atoms with van der Waals surface area (Å²) in [6.07, 6.45) is -0.590. The molecule has 0 unspecified atom stereocenters. The number of anilines is 1. The highest BCUT2D eigenvalue weighted by Gasteiger charge is 2.18. The van der Waals surface area contributed by atoms with Gasteiger partial charge in [-0.1, -0.05) is 27.2 Å². The molecule has 7 heteroatoms. The van der Waals surface area contributed by atoms with Crippen LogP contribution in [-0.2, 0) is 11.3 Å². The van der Waals surface area contributed by atoms with Gasteiger partial charge in [-0.3, -0.25) is 10.3 Å². The van der Waals surface area contributed by atoms with Crippen molar-refractivity contribution in [3.05, 3.63) is 64.0 Å². The minimum atomic E-state index is -0.590. The first-order chi connectivity index (χ1) is 12.0. The summed E-state index contributed by atoms with van der Waals surface area (Å²) in [5.41, 5.74) is 3.42. The SMILES string of the molecule is Cc1cccc(COC(=O)Nc2c(C)noc2-c2ccc(Br)cc2)n1. The first-order valence-electron chi connectivity index (χ1n) is 7.61. The van der Waals surface area contributed by atoms with Gasteiger partial charge in [0, 0.05) is 15.7 Å². The van der Waals surface area contributed by atoms with Crippen molar-refractivity contribution in [2.24, 2.45) is 0 Å². The Morgan fingerprint density at radius 1 is 1.20 bits per heavy atom. The Bertz CT molecular complexity index is 891. The Morgan fingerprint density at radius 3 is 2.68 bits per heavy atom. The molecule has 0 spiro atoms. The number of carbonyl (C=O) groups excluding carboxylic acids is 1. The first kappa shape index (κ1) is 17.2. The molecule has 2 aromatic heterocycles. The summed E-state index contributed by atoms with van der Waals surface area (Å²) in [5.74, 6) is 0.482. The van der Waals surface area contributed by atoms with Gasteiger partial charge in [-0.15, -0.1) is 0 Å². The standard InChI is InChI=1S/C18H16BrN3O3/c1-11-4-3-5-15(20-11)10-24-18(23)21-16-12(2)22-25-17(16)13-6-8-14(19)9-7-13/h3-9H,10H2,1-2H3,(H,21,23).